The fourth-order valence-electron chi connectivity index (χ4n) is 1.79. The Morgan fingerprint density at radius 3 is 2.57 bits per heavy atom. The molecule has 72 valence electrons. The third-order valence-corrected chi connectivity index (χ3v) is 2.59. The van der Waals surface area contributed by atoms with E-state index in [2.05, 4.69) is 19.1 Å². The molecule has 0 atom stereocenters. The molecule has 0 radical (unpaired) electrons. The monoisotopic (exact) mass is 186 g/mol. The molecular formula is C12H14N2. The summed E-state index contributed by atoms with van der Waals surface area (Å²) in [5.41, 5.74) is 14.7. The van der Waals surface area contributed by atoms with E-state index in [1.54, 1.807) is 0 Å². The second-order valence-electron chi connectivity index (χ2n) is 3.44. The van der Waals surface area contributed by atoms with E-state index in [0.29, 0.717) is 0 Å². The SMILES string of the molecule is CCc1ccc2cccc(N)c2c1N. The van der Waals surface area contributed by atoms with Gasteiger partial charge in [-0.15, -0.1) is 0 Å². The Hall–Kier alpha value is -1.70. The molecule has 0 fully saturated rings. The van der Waals surface area contributed by atoms with Crippen molar-refractivity contribution < 1.29 is 0 Å². The lowest BCUT2D eigenvalue weighted by Crippen LogP contribution is -1.97. The second-order valence-corrected chi connectivity index (χ2v) is 3.44. The summed E-state index contributed by atoms with van der Waals surface area (Å²) in [4.78, 5) is 0. The van der Waals surface area contributed by atoms with Gasteiger partial charge in [-0.2, -0.15) is 0 Å². The Kier molecular flexibility index (Phi) is 2.04. The molecule has 14 heavy (non-hydrogen) atoms. The van der Waals surface area contributed by atoms with Gasteiger partial charge in [-0.25, -0.2) is 0 Å². The minimum atomic E-state index is 0.760. The average molecular weight is 186 g/mol. The van der Waals surface area contributed by atoms with Gasteiger partial charge in [0.05, 0.1) is 0 Å². The van der Waals surface area contributed by atoms with Crippen molar-refractivity contribution in [3.8, 4) is 0 Å². The number of nitrogen functional groups attached to an aromatic ring is 2. The number of nitrogens with two attached hydrogens (primary N) is 2. The third kappa shape index (κ3) is 1.20. The molecule has 0 aromatic heterocycles. The molecule has 0 saturated heterocycles. The van der Waals surface area contributed by atoms with E-state index < -0.39 is 0 Å². The van der Waals surface area contributed by atoms with Gasteiger partial charge in [0, 0.05) is 16.8 Å². The van der Waals surface area contributed by atoms with E-state index >= 15 is 0 Å². The largest absolute Gasteiger partial charge is 0.398 e. The summed E-state index contributed by atoms with van der Waals surface area (Å²) in [6, 6.07) is 10.0. The van der Waals surface area contributed by atoms with Gasteiger partial charge >= 0.3 is 0 Å². The molecule has 0 heterocycles. The van der Waals surface area contributed by atoms with Gasteiger partial charge in [-0.3, -0.25) is 0 Å². The Bertz CT molecular complexity index is 475. The van der Waals surface area contributed by atoms with Gasteiger partial charge in [-0.05, 0) is 23.4 Å². The number of benzene rings is 2. The number of fused-ring (bicyclic) bond motifs is 1. The summed E-state index contributed by atoms with van der Waals surface area (Å²) < 4.78 is 0. The number of hydrogen-bond acceptors (Lipinski definition) is 2. The van der Waals surface area contributed by atoms with Crippen LogP contribution in [0.2, 0.25) is 0 Å². The molecule has 2 aromatic carbocycles. The molecular weight excluding hydrogens is 172 g/mol. The molecule has 4 N–H and O–H groups in total. The molecule has 0 spiro atoms. The van der Waals surface area contributed by atoms with E-state index in [-0.39, 0.29) is 0 Å². The maximum Gasteiger partial charge on any atom is 0.0447 e. The zero-order chi connectivity index (χ0) is 10.1. The Morgan fingerprint density at radius 2 is 1.86 bits per heavy atom. The van der Waals surface area contributed by atoms with E-state index in [1.165, 1.54) is 0 Å². The normalized spacial score (nSPS) is 10.6. The van der Waals surface area contributed by atoms with Crippen molar-refractivity contribution in [3.05, 3.63) is 35.9 Å². The van der Waals surface area contributed by atoms with Crippen LogP contribution in [0.1, 0.15) is 12.5 Å². The van der Waals surface area contributed by atoms with Crippen LogP contribution in [0, 0.1) is 0 Å². The molecule has 0 aliphatic carbocycles. The van der Waals surface area contributed by atoms with E-state index in [1.807, 2.05) is 18.2 Å². The van der Waals surface area contributed by atoms with E-state index in [0.717, 1.165) is 34.1 Å². The summed E-state index contributed by atoms with van der Waals surface area (Å²) in [6.45, 7) is 2.09. The van der Waals surface area contributed by atoms with E-state index in [4.69, 9.17) is 11.5 Å². The molecule has 2 aromatic rings. The second kappa shape index (κ2) is 3.22. The Labute approximate surface area is 83.5 Å². The lowest BCUT2D eigenvalue weighted by Gasteiger charge is -2.09. The number of aryl methyl sites for hydroxylation is 1. The predicted molar refractivity (Wildman–Crippen MR) is 62.2 cm³/mol. The lowest BCUT2D eigenvalue weighted by atomic mass is 10.0. The van der Waals surface area contributed by atoms with Gasteiger partial charge in [0.2, 0.25) is 0 Å². The minimum Gasteiger partial charge on any atom is -0.398 e. The number of anilines is 2. The van der Waals surface area contributed by atoms with Gasteiger partial charge in [0.1, 0.15) is 0 Å². The standard InChI is InChI=1S/C12H14N2/c1-2-8-6-7-9-4-3-5-10(13)11(9)12(8)14/h3-7H,2,13-14H2,1H3. The highest BCUT2D eigenvalue weighted by molar-refractivity contribution is 6.02. The first-order chi connectivity index (χ1) is 6.74. The Balaban J connectivity index is 2.86. The first-order valence-electron chi connectivity index (χ1n) is 4.79. The van der Waals surface area contributed by atoms with Gasteiger partial charge < -0.3 is 11.5 Å². The van der Waals surface area contributed by atoms with Crippen molar-refractivity contribution in [2.45, 2.75) is 13.3 Å². The highest BCUT2D eigenvalue weighted by Crippen LogP contribution is 2.29. The molecule has 2 heteroatoms. The predicted octanol–water partition coefficient (Wildman–Crippen LogP) is 2.57. The maximum absolute atomic E-state index is 6.05. The van der Waals surface area contributed by atoms with Crippen molar-refractivity contribution in [3.63, 3.8) is 0 Å². The zero-order valence-corrected chi connectivity index (χ0v) is 8.25. The molecule has 0 aliphatic heterocycles. The van der Waals surface area contributed by atoms with Gasteiger partial charge in [-0.1, -0.05) is 31.2 Å². The molecule has 0 bridgehead atoms. The fourth-order valence-corrected chi connectivity index (χ4v) is 1.79. The molecule has 0 amide bonds. The Morgan fingerprint density at radius 1 is 1.07 bits per heavy atom. The number of rotatable bonds is 1. The highest BCUT2D eigenvalue weighted by atomic mass is 14.6. The summed E-state index contributed by atoms with van der Waals surface area (Å²) >= 11 is 0. The molecule has 0 unspecified atom stereocenters. The van der Waals surface area contributed by atoms with Crippen molar-refractivity contribution in [1.82, 2.24) is 0 Å². The van der Waals surface area contributed by atoms with Crippen molar-refractivity contribution in [2.75, 3.05) is 11.5 Å². The van der Waals surface area contributed by atoms with Crippen molar-refractivity contribution >= 4 is 22.1 Å². The molecule has 2 rings (SSSR count). The summed E-state index contributed by atoms with van der Waals surface area (Å²) in [6.07, 6.45) is 0.941. The summed E-state index contributed by atoms with van der Waals surface area (Å²) in [7, 11) is 0. The summed E-state index contributed by atoms with van der Waals surface area (Å²) in [5.74, 6) is 0. The minimum absolute atomic E-state index is 0.760. The fraction of sp³-hybridized carbons (Fsp3) is 0.167. The quantitative estimate of drug-likeness (QED) is 0.672. The molecule has 0 saturated carbocycles. The van der Waals surface area contributed by atoms with E-state index in [9.17, 15) is 0 Å². The zero-order valence-electron chi connectivity index (χ0n) is 8.25. The van der Waals surface area contributed by atoms with Crippen molar-refractivity contribution in [2.24, 2.45) is 0 Å². The smallest absolute Gasteiger partial charge is 0.0447 e. The molecule has 0 aliphatic rings. The van der Waals surface area contributed by atoms with Crippen molar-refractivity contribution in [1.29, 1.82) is 0 Å². The van der Waals surface area contributed by atoms with Crippen LogP contribution in [0.5, 0.6) is 0 Å². The number of hydrogen-bond donors (Lipinski definition) is 2. The first-order valence-corrected chi connectivity index (χ1v) is 4.79. The van der Waals surface area contributed by atoms with Crippen LogP contribution in [-0.2, 0) is 6.42 Å². The lowest BCUT2D eigenvalue weighted by molar-refractivity contribution is 1.15. The van der Waals surface area contributed by atoms with Crippen LogP contribution >= 0.6 is 0 Å². The van der Waals surface area contributed by atoms with Crippen LogP contribution in [0.15, 0.2) is 30.3 Å². The van der Waals surface area contributed by atoms with Crippen LogP contribution in [0.4, 0.5) is 11.4 Å². The average Bonchev–Trinajstić information content (AvgIpc) is 2.18. The van der Waals surface area contributed by atoms with Gasteiger partial charge in [0.25, 0.3) is 0 Å². The highest BCUT2D eigenvalue weighted by Gasteiger charge is 2.04. The maximum atomic E-state index is 6.05. The molecule has 2 nitrogen and oxygen atoms in total. The third-order valence-electron chi connectivity index (χ3n) is 2.59. The van der Waals surface area contributed by atoms with Crippen LogP contribution in [0.3, 0.4) is 0 Å². The topological polar surface area (TPSA) is 52.0 Å². The van der Waals surface area contributed by atoms with Crippen LogP contribution in [0.25, 0.3) is 10.8 Å². The van der Waals surface area contributed by atoms with Crippen LogP contribution in [-0.4, -0.2) is 0 Å². The first kappa shape index (κ1) is 8.88. The van der Waals surface area contributed by atoms with Crippen LogP contribution < -0.4 is 11.5 Å². The summed E-state index contributed by atoms with van der Waals surface area (Å²) in [5, 5.41) is 2.10. The van der Waals surface area contributed by atoms with Gasteiger partial charge in [0.15, 0.2) is 0 Å².